The van der Waals surface area contributed by atoms with Gasteiger partial charge in [-0.3, -0.25) is 19.3 Å². The largest absolute Gasteiger partial charge is 0.454 e. The molecular formula is C31H28N2O5. The van der Waals surface area contributed by atoms with E-state index >= 15 is 0 Å². The third kappa shape index (κ3) is 3.64. The van der Waals surface area contributed by atoms with E-state index in [1.54, 1.807) is 38.1 Å². The molecule has 0 saturated carbocycles. The second kappa shape index (κ2) is 9.24. The predicted octanol–water partition coefficient (Wildman–Crippen LogP) is 4.09. The molecule has 0 aromatic heterocycles. The SMILES string of the molecule is CC(C)[C@@H](C(=O)OCC(=O)Nc1ccccc1)N1C(=O)[C@@H]2C3c4ccccc4C(c4ccccc43)[C@@H]2C1=O. The van der Waals surface area contributed by atoms with E-state index in [4.69, 9.17) is 4.74 Å². The highest BCUT2D eigenvalue weighted by Crippen LogP contribution is 2.61. The Hall–Kier alpha value is -4.26. The van der Waals surface area contributed by atoms with Gasteiger partial charge < -0.3 is 10.1 Å². The fourth-order valence-corrected chi connectivity index (χ4v) is 6.59. The quantitative estimate of drug-likeness (QED) is 0.400. The second-order valence-electron chi connectivity index (χ2n) is 10.5. The molecule has 3 aromatic rings. The van der Waals surface area contributed by atoms with Crippen molar-refractivity contribution in [3.63, 3.8) is 0 Å². The van der Waals surface area contributed by atoms with E-state index in [0.29, 0.717) is 5.69 Å². The average molecular weight is 509 g/mol. The lowest BCUT2D eigenvalue weighted by Crippen LogP contribution is -2.49. The van der Waals surface area contributed by atoms with Gasteiger partial charge in [0.2, 0.25) is 11.8 Å². The van der Waals surface area contributed by atoms with Gasteiger partial charge in [-0.25, -0.2) is 4.79 Å². The first-order valence-electron chi connectivity index (χ1n) is 12.9. The summed E-state index contributed by atoms with van der Waals surface area (Å²) in [4.78, 5) is 54.8. The Morgan fingerprint density at radius 1 is 0.763 bits per heavy atom. The Morgan fingerprint density at radius 3 is 1.66 bits per heavy atom. The normalized spacial score (nSPS) is 23.5. The summed E-state index contributed by atoms with van der Waals surface area (Å²) in [6.45, 7) is 3.04. The zero-order chi connectivity index (χ0) is 26.6. The van der Waals surface area contributed by atoms with Crippen LogP contribution in [-0.2, 0) is 23.9 Å². The van der Waals surface area contributed by atoms with E-state index in [9.17, 15) is 19.2 Å². The van der Waals surface area contributed by atoms with E-state index in [2.05, 4.69) is 5.32 Å². The van der Waals surface area contributed by atoms with E-state index in [-0.39, 0.29) is 23.7 Å². The Labute approximate surface area is 220 Å². The molecule has 38 heavy (non-hydrogen) atoms. The standard InChI is InChI=1S/C31H28N2O5/c1-17(2)28(31(37)38-16-23(34)32-18-10-4-3-5-11-18)33-29(35)26-24-19-12-6-7-13-20(19)25(27(26)30(33)36)22-15-9-8-14-21(22)24/h3-15,17,24-28H,16H2,1-2H3,(H,32,34)/t24?,25?,26-,27+,28-/m0/s1. The maximum absolute atomic E-state index is 14.0. The van der Waals surface area contributed by atoms with Crippen molar-refractivity contribution in [2.24, 2.45) is 17.8 Å². The predicted molar refractivity (Wildman–Crippen MR) is 140 cm³/mol. The van der Waals surface area contributed by atoms with Crippen LogP contribution in [0.5, 0.6) is 0 Å². The van der Waals surface area contributed by atoms with Crippen molar-refractivity contribution in [2.75, 3.05) is 11.9 Å². The summed E-state index contributed by atoms with van der Waals surface area (Å²) in [5.74, 6) is -3.99. The number of hydrogen-bond donors (Lipinski definition) is 1. The fraction of sp³-hybridized carbons (Fsp3) is 0.290. The smallest absolute Gasteiger partial charge is 0.330 e. The number of ether oxygens (including phenoxy) is 1. The van der Waals surface area contributed by atoms with Crippen LogP contribution in [0, 0.1) is 17.8 Å². The molecule has 7 heteroatoms. The Bertz CT molecular complexity index is 1330. The number of carbonyl (C=O) groups excluding carboxylic acids is 4. The molecule has 1 aliphatic heterocycles. The molecule has 1 saturated heterocycles. The Morgan fingerprint density at radius 2 is 1.21 bits per heavy atom. The molecular weight excluding hydrogens is 480 g/mol. The van der Waals surface area contributed by atoms with Crippen LogP contribution in [-0.4, -0.2) is 41.2 Å². The van der Waals surface area contributed by atoms with Gasteiger partial charge in [0.1, 0.15) is 6.04 Å². The molecule has 3 aliphatic carbocycles. The number of amides is 3. The zero-order valence-electron chi connectivity index (χ0n) is 21.2. The highest BCUT2D eigenvalue weighted by Gasteiger charge is 2.63. The second-order valence-corrected chi connectivity index (χ2v) is 10.5. The first-order valence-corrected chi connectivity index (χ1v) is 12.9. The molecule has 0 spiro atoms. The van der Waals surface area contributed by atoms with Crippen molar-refractivity contribution in [1.82, 2.24) is 4.90 Å². The van der Waals surface area contributed by atoms with Gasteiger partial charge in [0, 0.05) is 17.5 Å². The molecule has 0 radical (unpaired) electrons. The van der Waals surface area contributed by atoms with Crippen molar-refractivity contribution < 1.29 is 23.9 Å². The number of esters is 1. The minimum Gasteiger partial charge on any atom is -0.454 e. The van der Waals surface area contributed by atoms with Crippen molar-refractivity contribution >= 4 is 29.4 Å². The summed E-state index contributed by atoms with van der Waals surface area (Å²) in [6.07, 6.45) is 0. The van der Waals surface area contributed by atoms with Crippen LogP contribution < -0.4 is 5.32 Å². The van der Waals surface area contributed by atoms with Gasteiger partial charge in [0.05, 0.1) is 11.8 Å². The summed E-state index contributed by atoms with van der Waals surface area (Å²) in [7, 11) is 0. The monoisotopic (exact) mass is 508 g/mol. The lowest BCUT2D eigenvalue weighted by molar-refractivity contribution is -0.162. The number of imide groups is 1. The number of para-hydroxylation sites is 1. The number of benzene rings is 3. The third-order valence-electron chi connectivity index (χ3n) is 8.04. The molecule has 0 unspecified atom stereocenters. The number of rotatable bonds is 6. The topological polar surface area (TPSA) is 92.8 Å². The number of likely N-dealkylation sites (tertiary alicyclic amines) is 1. The zero-order valence-corrected chi connectivity index (χ0v) is 21.2. The maximum Gasteiger partial charge on any atom is 0.330 e. The van der Waals surface area contributed by atoms with E-state index in [0.717, 1.165) is 27.2 Å². The molecule has 3 amide bonds. The molecule has 3 aromatic carbocycles. The molecule has 1 N–H and O–H groups in total. The summed E-state index contributed by atoms with van der Waals surface area (Å²) in [5, 5.41) is 2.67. The van der Waals surface area contributed by atoms with Gasteiger partial charge in [-0.1, -0.05) is 80.6 Å². The molecule has 2 bridgehead atoms. The van der Waals surface area contributed by atoms with Crippen molar-refractivity contribution in [3.8, 4) is 0 Å². The van der Waals surface area contributed by atoms with E-state index in [1.165, 1.54) is 0 Å². The fourth-order valence-electron chi connectivity index (χ4n) is 6.59. The van der Waals surface area contributed by atoms with Gasteiger partial charge >= 0.3 is 5.97 Å². The molecule has 192 valence electrons. The Balaban J connectivity index is 1.28. The van der Waals surface area contributed by atoms with Crippen LogP contribution in [0.15, 0.2) is 78.9 Å². The van der Waals surface area contributed by atoms with E-state index in [1.807, 2.05) is 54.6 Å². The highest BCUT2D eigenvalue weighted by molar-refractivity contribution is 6.10. The van der Waals surface area contributed by atoms with Crippen LogP contribution in [0.2, 0.25) is 0 Å². The number of hydrogen-bond acceptors (Lipinski definition) is 5. The number of carbonyl (C=O) groups is 4. The minimum atomic E-state index is -1.12. The first-order chi connectivity index (χ1) is 18.4. The Kier molecular flexibility index (Phi) is 5.86. The van der Waals surface area contributed by atoms with Crippen LogP contribution >= 0.6 is 0 Å². The van der Waals surface area contributed by atoms with Crippen LogP contribution in [0.3, 0.4) is 0 Å². The van der Waals surface area contributed by atoms with Crippen molar-refractivity contribution in [3.05, 3.63) is 101 Å². The minimum absolute atomic E-state index is 0.251. The number of nitrogens with zero attached hydrogens (tertiary/aromatic N) is 1. The maximum atomic E-state index is 14.0. The first kappa shape index (κ1) is 24.1. The molecule has 3 atom stereocenters. The number of anilines is 1. The summed E-state index contributed by atoms with van der Waals surface area (Å²) < 4.78 is 5.36. The lowest BCUT2D eigenvalue weighted by atomic mass is 9.55. The van der Waals surface area contributed by atoms with Gasteiger partial charge in [0.25, 0.3) is 5.91 Å². The molecule has 1 heterocycles. The molecule has 7 rings (SSSR count). The van der Waals surface area contributed by atoms with Gasteiger partial charge in [0.15, 0.2) is 6.61 Å². The lowest BCUT2D eigenvalue weighted by Gasteiger charge is -2.45. The molecule has 4 aliphatic rings. The van der Waals surface area contributed by atoms with E-state index < -0.39 is 42.3 Å². The molecule has 7 nitrogen and oxygen atoms in total. The van der Waals surface area contributed by atoms with Crippen molar-refractivity contribution in [2.45, 2.75) is 31.7 Å². The van der Waals surface area contributed by atoms with Crippen LogP contribution in [0.4, 0.5) is 5.69 Å². The van der Waals surface area contributed by atoms with Gasteiger partial charge in [-0.2, -0.15) is 0 Å². The molecule has 1 fully saturated rings. The van der Waals surface area contributed by atoms with Crippen molar-refractivity contribution in [1.29, 1.82) is 0 Å². The summed E-state index contributed by atoms with van der Waals surface area (Å²) >= 11 is 0. The summed E-state index contributed by atoms with van der Waals surface area (Å²) in [6, 6.07) is 23.7. The highest BCUT2D eigenvalue weighted by atomic mass is 16.5. The van der Waals surface area contributed by atoms with Crippen LogP contribution in [0.25, 0.3) is 0 Å². The number of nitrogens with one attached hydrogen (secondary N) is 1. The average Bonchev–Trinajstić information content (AvgIpc) is 3.18. The third-order valence-corrected chi connectivity index (χ3v) is 8.04. The summed E-state index contributed by atoms with van der Waals surface area (Å²) in [5.41, 5.74) is 4.87. The van der Waals surface area contributed by atoms with Gasteiger partial charge in [-0.05, 0) is 40.3 Å². The van der Waals surface area contributed by atoms with Crippen LogP contribution in [0.1, 0.15) is 47.9 Å². The van der Waals surface area contributed by atoms with Gasteiger partial charge in [-0.15, -0.1) is 0 Å².